The van der Waals surface area contributed by atoms with E-state index in [1.165, 1.54) is 4.90 Å². The molecule has 39 heavy (non-hydrogen) atoms. The van der Waals surface area contributed by atoms with Gasteiger partial charge >= 0.3 is 0 Å². The fraction of sp³-hybridized carbons (Fsp3) is 0.312. The number of amides is 1. The smallest absolute Gasteiger partial charge is 0.300 e. The van der Waals surface area contributed by atoms with Gasteiger partial charge in [0.15, 0.2) is 11.5 Å². The molecular weight excluding hydrogens is 494 g/mol. The number of carbonyl (C=O) groups is 2. The Labute approximate surface area is 228 Å². The van der Waals surface area contributed by atoms with Crippen molar-refractivity contribution in [1.29, 1.82) is 0 Å². The first kappa shape index (κ1) is 26.4. The van der Waals surface area contributed by atoms with E-state index in [0.717, 1.165) is 5.56 Å². The van der Waals surface area contributed by atoms with Gasteiger partial charge in [-0.1, -0.05) is 45.0 Å². The molecule has 3 aromatic rings. The summed E-state index contributed by atoms with van der Waals surface area (Å²) in [4.78, 5) is 28.5. The quantitative estimate of drug-likeness (QED) is 0.243. The minimum atomic E-state index is -0.840. The molecule has 1 atom stereocenters. The van der Waals surface area contributed by atoms with Crippen LogP contribution in [0.1, 0.15) is 57.4 Å². The number of benzene rings is 3. The van der Waals surface area contributed by atoms with Crippen LogP contribution in [0.25, 0.3) is 5.76 Å². The Hall–Kier alpha value is -4.26. The number of hydrogen-bond acceptors (Lipinski definition) is 6. The minimum Gasteiger partial charge on any atom is -0.507 e. The molecule has 1 N–H and O–H groups in total. The van der Waals surface area contributed by atoms with Gasteiger partial charge in [0.1, 0.15) is 24.7 Å². The number of fused-ring (bicyclic) bond motifs is 1. The van der Waals surface area contributed by atoms with Gasteiger partial charge < -0.3 is 19.3 Å². The Balaban J connectivity index is 1.64. The third kappa shape index (κ3) is 5.09. The fourth-order valence-electron chi connectivity index (χ4n) is 4.88. The molecule has 2 heterocycles. The number of ketones is 1. The average Bonchev–Trinajstić information content (AvgIpc) is 3.17. The Morgan fingerprint density at radius 1 is 0.923 bits per heavy atom. The second-order valence-electron chi connectivity index (χ2n) is 11.1. The molecule has 1 amide bonds. The molecule has 0 aliphatic carbocycles. The zero-order chi connectivity index (χ0) is 27.9. The van der Waals surface area contributed by atoms with E-state index in [2.05, 4.69) is 20.8 Å². The normalized spacial score (nSPS) is 18.5. The van der Waals surface area contributed by atoms with Gasteiger partial charge in [-0.25, -0.2) is 0 Å². The Morgan fingerprint density at radius 2 is 1.56 bits per heavy atom. The molecular formula is C32H33NO6. The summed E-state index contributed by atoms with van der Waals surface area (Å²) in [6.45, 7) is 11.1. The number of hydrogen-bond donors (Lipinski definition) is 1. The van der Waals surface area contributed by atoms with Gasteiger partial charge in [0, 0.05) is 17.3 Å². The highest BCUT2D eigenvalue weighted by Crippen LogP contribution is 2.45. The maximum Gasteiger partial charge on any atom is 0.300 e. The van der Waals surface area contributed by atoms with Gasteiger partial charge in [0.05, 0.1) is 17.7 Å². The van der Waals surface area contributed by atoms with Crippen LogP contribution in [-0.2, 0) is 15.0 Å². The zero-order valence-corrected chi connectivity index (χ0v) is 22.9. The summed E-state index contributed by atoms with van der Waals surface area (Å²) in [5.74, 6) is 0.00858. The van der Waals surface area contributed by atoms with Crippen LogP contribution in [0.5, 0.6) is 17.2 Å². The van der Waals surface area contributed by atoms with Crippen LogP contribution in [0.2, 0.25) is 0 Å². The third-order valence-corrected chi connectivity index (χ3v) is 6.84. The second-order valence-corrected chi connectivity index (χ2v) is 11.1. The summed E-state index contributed by atoms with van der Waals surface area (Å²) in [6, 6.07) is 19.0. The van der Waals surface area contributed by atoms with Crippen molar-refractivity contribution < 1.29 is 28.9 Å². The third-order valence-electron chi connectivity index (χ3n) is 6.84. The largest absolute Gasteiger partial charge is 0.507 e. The molecule has 5 rings (SSSR count). The number of aliphatic hydroxyl groups is 1. The Morgan fingerprint density at radius 3 is 2.18 bits per heavy atom. The molecule has 1 saturated heterocycles. The van der Waals surface area contributed by atoms with Crippen molar-refractivity contribution in [3.8, 4) is 17.2 Å². The van der Waals surface area contributed by atoms with Crippen molar-refractivity contribution in [2.45, 2.75) is 52.2 Å². The van der Waals surface area contributed by atoms with Crippen molar-refractivity contribution in [2.75, 3.05) is 18.1 Å². The lowest BCUT2D eigenvalue weighted by Gasteiger charge is -2.28. The fourth-order valence-corrected chi connectivity index (χ4v) is 4.88. The van der Waals surface area contributed by atoms with E-state index in [0.29, 0.717) is 47.3 Å². The highest BCUT2D eigenvalue weighted by atomic mass is 16.6. The predicted molar refractivity (Wildman–Crippen MR) is 150 cm³/mol. The van der Waals surface area contributed by atoms with Crippen molar-refractivity contribution in [1.82, 2.24) is 0 Å². The molecule has 0 aromatic heterocycles. The van der Waals surface area contributed by atoms with Crippen LogP contribution >= 0.6 is 0 Å². The number of carbonyl (C=O) groups excluding carboxylic acids is 2. The van der Waals surface area contributed by atoms with Crippen LogP contribution in [0.4, 0.5) is 5.69 Å². The zero-order valence-electron chi connectivity index (χ0n) is 22.9. The molecule has 0 saturated carbocycles. The second kappa shape index (κ2) is 10.1. The Kier molecular flexibility index (Phi) is 6.85. The van der Waals surface area contributed by atoms with E-state index in [4.69, 9.17) is 14.2 Å². The monoisotopic (exact) mass is 527 g/mol. The minimum absolute atomic E-state index is 0.00293. The SMILES string of the molecule is CC(C)Oc1ccc(/C(O)=C2\C(=O)C(=O)N(c3ccc4c(c3)OCCO4)C2c2ccc(C(C)(C)C)cc2)cc1. The predicted octanol–water partition coefficient (Wildman–Crippen LogP) is 6.17. The molecule has 1 unspecified atom stereocenters. The molecule has 0 radical (unpaired) electrons. The molecule has 3 aromatic carbocycles. The van der Waals surface area contributed by atoms with E-state index in [1.807, 2.05) is 38.1 Å². The van der Waals surface area contributed by atoms with Gasteiger partial charge in [0.25, 0.3) is 11.7 Å². The van der Waals surface area contributed by atoms with Gasteiger partial charge in [0.2, 0.25) is 0 Å². The average molecular weight is 528 g/mol. The molecule has 7 nitrogen and oxygen atoms in total. The van der Waals surface area contributed by atoms with Crippen molar-refractivity contribution in [3.63, 3.8) is 0 Å². The summed E-state index contributed by atoms with van der Waals surface area (Å²) in [7, 11) is 0. The molecule has 2 aliphatic rings. The van der Waals surface area contributed by atoms with Gasteiger partial charge in [-0.3, -0.25) is 14.5 Å². The number of nitrogens with zero attached hydrogens (tertiary/aromatic N) is 1. The van der Waals surface area contributed by atoms with Gasteiger partial charge in [-0.05, 0) is 66.8 Å². The topological polar surface area (TPSA) is 85.3 Å². The molecule has 0 spiro atoms. The van der Waals surface area contributed by atoms with Crippen LogP contribution < -0.4 is 19.1 Å². The Bertz CT molecular complexity index is 1430. The summed E-state index contributed by atoms with van der Waals surface area (Å²) in [5, 5.41) is 11.4. The van der Waals surface area contributed by atoms with E-state index in [9.17, 15) is 14.7 Å². The first-order valence-electron chi connectivity index (χ1n) is 13.1. The van der Waals surface area contributed by atoms with Crippen LogP contribution in [-0.4, -0.2) is 36.1 Å². The lowest BCUT2D eigenvalue weighted by molar-refractivity contribution is -0.132. The van der Waals surface area contributed by atoms with Crippen LogP contribution in [0.15, 0.2) is 72.3 Å². The van der Waals surface area contributed by atoms with E-state index in [1.54, 1.807) is 42.5 Å². The summed E-state index contributed by atoms with van der Waals surface area (Å²) in [5.41, 5.74) is 2.67. The number of aliphatic hydroxyl groups excluding tert-OH is 1. The van der Waals surface area contributed by atoms with E-state index < -0.39 is 17.7 Å². The lowest BCUT2D eigenvalue weighted by atomic mass is 9.85. The maximum atomic E-state index is 13.5. The summed E-state index contributed by atoms with van der Waals surface area (Å²) < 4.78 is 17.1. The maximum absolute atomic E-state index is 13.5. The number of ether oxygens (including phenoxy) is 3. The van der Waals surface area contributed by atoms with E-state index >= 15 is 0 Å². The first-order valence-corrected chi connectivity index (χ1v) is 13.1. The van der Waals surface area contributed by atoms with Crippen molar-refractivity contribution in [2.24, 2.45) is 0 Å². The first-order chi connectivity index (χ1) is 18.5. The molecule has 0 bridgehead atoms. The summed E-state index contributed by atoms with van der Waals surface area (Å²) in [6.07, 6.45) is -0.00293. The number of Topliss-reactive ketones (excluding diaryl/α,β-unsaturated/α-hetero) is 1. The highest BCUT2D eigenvalue weighted by Gasteiger charge is 2.47. The van der Waals surface area contributed by atoms with E-state index in [-0.39, 0.29) is 22.9 Å². The van der Waals surface area contributed by atoms with Crippen molar-refractivity contribution in [3.05, 3.63) is 89.0 Å². The number of anilines is 1. The van der Waals surface area contributed by atoms with Crippen molar-refractivity contribution >= 4 is 23.1 Å². The molecule has 202 valence electrons. The lowest BCUT2D eigenvalue weighted by Crippen LogP contribution is -2.29. The number of rotatable bonds is 5. The molecule has 2 aliphatic heterocycles. The molecule has 7 heteroatoms. The standard InChI is InChI=1S/C32H33NO6/c1-19(2)39-24-13-8-21(9-14-24)29(34)27-28(20-6-10-22(11-7-20)32(3,4)5)33(31(36)30(27)35)23-12-15-25-26(18-23)38-17-16-37-25/h6-15,18-19,28,34H,16-17H2,1-5H3/b29-27+. The highest BCUT2D eigenvalue weighted by molar-refractivity contribution is 6.51. The summed E-state index contributed by atoms with van der Waals surface area (Å²) >= 11 is 0. The van der Waals surface area contributed by atoms with Crippen LogP contribution in [0, 0.1) is 0 Å². The molecule has 1 fully saturated rings. The van der Waals surface area contributed by atoms with Gasteiger partial charge in [-0.2, -0.15) is 0 Å². The van der Waals surface area contributed by atoms with Crippen LogP contribution in [0.3, 0.4) is 0 Å². The van der Waals surface area contributed by atoms with Gasteiger partial charge in [-0.15, -0.1) is 0 Å².